The molecule has 6 nitrogen and oxygen atoms in total. The summed E-state index contributed by atoms with van der Waals surface area (Å²) in [6, 6.07) is 6.61. The molecular weight excluding hydrogens is 446 g/mol. The first-order valence-corrected chi connectivity index (χ1v) is 13.1. The number of hydrogen-bond donors (Lipinski definition) is 2. The summed E-state index contributed by atoms with van der Waals surface area (Å²) in [4.78, 5) is 6.67. The Morgan fingerprint density at radius 3 is 2.44 bits per heavy atom. The molecule has 0 amide bonds. The first-order valence-electron chi connectivity index (χ1n) is 13.1. The van der Waals surface area contributed by atoms with Crippen molar-refractivity contribution >= 4 is 22.8 Å². The fourth-order valence-corrected chi connectivity index (χ4v) is 4.79. The highest BCUT2D eigenvalue weighted by molar-refractivity contribution is 6.15. The average Bonchev–Trinajstić information content (AvgIpc) is 3.11. The highest BCUT2D eigenvalue weighted by atomic mass is 16.3. The molecule has 2 aliphatic heterocycles. The van der Waals surface area contributed by atoms with Gasteiger partial charge in [0.25, 0.3) is 0 Å². The van der Waals surface area contributed by atoms with Crippen molar-refractivity contribution in [2.24, 2.45) is 15.2 Å². The zero-order valence-electron chi connectivity index (χ0n) is 22.8. The molecule has 36 heavy (non-hydrogen) atoms. The molecule has 1 aromatic carbocycles. The summed E-state index contributed by atoms with van der Waals surface area (Å²) in [6.07, 6.45) is 12.0. The van der Waals surface area contributed by atoms with Gasteiger partial charge in [0.2, 0.25) is 0 Å². The smallest absolute Gasteiger partial charge is 0.131 e. The standard InChI is InChI=1S/C28H35N5O.C2H6/c1-6-20-12-26(31-32-28(13-20)33-16-18(3)30-19(4)17-33)24-10-8-23(15-27(24)34)22-9-11-25(29-5)21(7-2)14-22;1-2/h7-12,14-15,18-19,30,34H,6,13,16-17H2,1-5H3;1-2H3/b21-7-,29-25?;/t18-,19+;. The van der Waals surface area contributed by atoms with Gasteiger partial charge < -0.3 is 15.3 Å². The van der Waals surface area contributed by atoms with Crippen molar-refractivity contribution < 1.29 is 5.11 Å². The van der Waals surface area contributed by atoms with Crippen LogP contribution in [0.3, 0.4) is 0 Å². The minimum atomic E-state index is 0.206. The Morgan fingerprint density at radius 1 is 1.11 bits per heavy atom. The number of aliphatic imine (C=N–C) groups is 1. The van der Waals surface area contributed by atoms with E-state index in [1.165, 1.54) is 5.57 Å². The van der Waals surface area contributed by atoms with Gasteiger partial charge in [-0.15, -0.1) is 10.2 Å². The number of phenolic OH excluding ortho intramolecular Hbond substituents is 1. The lowest BCUT2D eigenvalue weighted by Gasteiger charge is -2.37. The Labute approximate surface area is 216 Å². The van der Waals surface area contributed by atoms with E-state index in [1.54, 1.807) is 7.05 Å². The van der Waals surface area contributed by atoms with Gasteiger partial charge in [-0.3, -0.25) is 4.99 Å². The van der Waals surface area contributed by atoms with Gasteiger partial charge in [-0.2, -0.15) is 0 Å². The monoisotopic (exact) mass is 487 g/mol. The Morgan fingerprint density at radius 2 is 1.83 bits per heavy atom. The van der Waals surface area contributed by atoms with E-state index < -0.39 is 0 Å². The lowest BCUT2D eigenvalue weighted by atomic mass is 9.93. The number of aromatic hydroxyl groups is 1. The minimum absolute atomic E-state index is 0.206. The maximum Gasteiger partial charge on any atom is 0.131 e. The molecule has 1 aromatic rings. The van der Waals surface area contributed by atoms with Crippen LogP contribution in [0.5, 0.6) is 5.75 Å². The molecule has 6 heteroatoms. The van der Waals surface area contributed by atoms with Gasteiger partial charge in [0, 0.05) is 44.2 Å². The van der Waals surface area contributed by atoms with E-state index in [0.29, 0.717) is 23.4 Å². The highest BCUT2D eigenvalue weighted by Crippen LogP contribution is 2.30. The Balaban J connectivity index is 0.00000176. The normalized spacial score (nSPS) is 24.4. The number of nitrogens with one attached hydrogen (secondary N) is 1. The fourth-order valence-electron chi connectivity index (χ4n) is 4.79. The largest absolute Gasteiger partial charge is 0.507 e. The van der Waals surface area contributed by atoms with Gasteiger partial charge in [-0.1, -0.05) is 44.6 Å². The van der Waals surface area contributed by atoms with Crippen molar-refractivity contribution in [3.05, 3.63) is 70.9 Å². The third kappa shape index (κ3) is 6.30. The minimum Gasteiger partial charge on any atom is -0.507 e. The molecule has 0 bridgehead atoms. The second-order valence-corrected chi connectivity index (χ2v) is 9.23. The maximum atomic E-state index is 11.0. The Hall–Kier alpha value is -3.25. The van der Waals surface area contributed by atoms with Crippen LogP contribution < -0.4 is 5.32 Å². The van der Waals surface area contributed by atoms with Crippen LogP contribution in [0.25, 0.3) is 5.57 Å². The highest BCUT2D eigenvalue weighted by Gasteiger charge is 2.25. The van der Waals surface area contributed by atoms with Crippen LogP contribution in [-0.2, 0) is 0 Å². The molecule has 4 rings (SSSR count). The van der Waals surface area contributed by atoms with Gasteiger partial charge in [0.05, 0.1) is 11.4 Å². The molecular formula is C30H41N5O. The molecule has 1 saturated heterocycles. The molecule has 2 N–H and O–H groups in total. The molecule has 0 unspecified atom stereocenters. The number of benzene rings is 1. The Kier molecular flexibility index (Phi) is 9.59. The first kappa shape index (κ1) is 27.3. The summed E-state index contributed by atoms with van der Waals surface area (Å²) in [6.45, 7) is 14.4. The van der Waals surface area contributed by atoms with Gasteiger partial charge >= 0.3 is 0 Å². The lowest BCUT2D eigenvalue weighted by Crippen LogP contribution is -2.55. The van der Waals surface area contributed by atoms with E-state index in [4.69, 9.17) is 0 Å². The molecule has 1 aliphatic carbocycles. The predicted molar refractivity (Wildman–Crippen MR) is 154 cm³/mol. The van der Waals surface area contributed by atoms with Crippen LogP contribution in [-0.4, -0.2) is 59.5 Å². The molecule has 0 spiro atoms. The summed E-state index contributed by atoms with van der Waals surface area (Å²) in [7, 11) is 1.80. The van der Waals surface area contributed by atoms with Crippen molar-refractivity contribution in [1.82, 2.24) is 10.2 Å². The van der Waals surface area contributed by atoms with Crippen LogP contribution in [0, 0.1) is 0 Å². The third-order valence-corrected chi connectivity index (χ3v) is 6.56. The van der Waals surface area contributed by atoms with Gasteiger partial charge in [-0.05, 0) is 74.3 Å². The fraction of sp³-hybridized carbons (Fsp3) is 0.433. The zero-order valence-corrected chi connectivity index (χ0v) is 22.8. The number of piperazine rings is 1. The van der Waals surface area contributed by atoms with Crippen molar-refractivity contribution in [3.63, 3.8) is 0 Å². The first-order chi connectivity index (χ1) is 17.4. The summed E-state index contributed by atoms with van der Waals surface area (Å²) in [5.74, 6) is 1.21. The topological polar surface area (TPSA) is 72.6 Å². The number of phenols is 1. The van der Waals surface area contributed by atoms with Crippen LogP contribution >= 0.6 is 0 Å². The molecule has 0 aromatic heterocycles. The van der Waals surface area contributed by atoms with E-state index >= 15 is 0 Å². The number of allylic oxidation sites excluding steroid dienone is 7. The van der Waals surface area contributed by atoms with E-state index in [1.807, 2.05) is 57.2 Å². The van der Waals surface area contributed by atoms with Crippen molar-refractivity contribution in [2.45, 2.75) is 66.5 Å². The second kappa shape index (κ2) is 12.6. The number of nitrogens with zero attached hydrogens (tertiary/aromatic N) is 4. The van der Waals surface area contributed by atoms with E-state index in [-0.39, 0.29) is 5.75 Å². The van der Waals surface area contributed by atoms with E-state index in [0.717, 1.165) is 54.2 Å². The predicted octanol–water partition coefficient (Wildman–Crippen LogP) is 5.91. The van der Waals surface area contributed by atoms with Crippen LogP contribution in [0.1, 0.15) is 65.5 Å². The molecule has 2 atom stereocenters. The molecule has 3 aliphatic rings. The Bertz CT molecular complexity index is 1160. The quantitative estimate of drug-likeness (QED) is 0.556. The van der Waals surface area contributed by atoms with Gasteiger partial charge in [0.1, 0.15) is 11.6 Å². The SMILES string of the molecule is C/C=C1/C=C(c2ccc(C3=NN=C(N4C[C@@H](C)N[C@@H](C)C4)CC(CC)=C3)c(O)c2)C=CC1=NC.CC. The molecule has 192 valence electrons. The third-order valence-electron chi connectivity index (χ3n) is 6.56. The second-order valence-electron chi connectivity index (χ2n) is 9.23. The zero-order chi connectivity index (χ0) is 26.2. The lowest BCUT2D eigenvalue weighted by molar-refractivity contribution is 0.252. The molecule has 0 saturated carbocycles. The number of hydrogen-bond acceptors (Lipinski definition) is 6. The molecule has 2 heterocycles. The average molecular weight is 488 g/mol. The van der Waals surface area contributed by atoms with Crippen LogP contribution in [0.2, 0.25) is 0 Å². The number of rotatable bonds is 3. The summed E-state index contributed by atoms with van der Waals surface area (Å²) >= 11 is 0. The van der Waals surface area contributed by atoms with Crippen LogP contribution in [0.15, 0.2) is 74.9 Å². The van der Waals surface area contributed by atoms with Gasteiger partial charge in [0.15, 0.2) is 0 Å². The summed E-state index contributed by atoms with van der Waals surface area (Å²) < 4.78 is 0. The summed E-state index contributed by atoms with van der Waals surface area (Å²) in [5, 5.41) is 23.8. The van der Waals surface area contributed by atoms with Crippen molar-refractivity contribution in [1.29, 1.82) is 0 Å². The molecule has 1 fully saturated rings. The van der Waals surface area contributed by atoms with Crippen molar-refractivity contribution in [3.8, 4) is 5.75 Å². The van der Waals surface area contributed by atoms with Crippen molar-refractivity contribution in [2.75, 3.05) is 20.1 Å². The van der Waals surface area contributed by atoms with E-state index in [2.05, 4.69) is 58.3 Å². The molecule has 0 radical (unpaired) electrons. The van der Waals surface area contributed by atoms with E-state index in [9.17, 15) is 5.11 Å². The van der Waals surface area contributed by atoms with Gasteiger partial charge in [-0.25, -0.2) is 0 Å². The van der Waals surface area contributed by atoms with Crippen LogP contribution in [0.4, 0.5) is 0 Å². The summed E-state index contributed by atoms with van der Waals surface area (Å²) in [5.41, 5.74) is 6.69. The number of amidine groups is 1. The maximum absolute atomic E-state index is 11.0.